The topological polar surface area (TPSA) is 26.0 Å². The second-order valence-corrected chi connectivity index (χ2v) is 1.99. The molecule has 0 saturated carbocycles. The minimum absolute atomic E-state index is 0.0440. The van der Waals surface area contributed by atoms with Crippen molar-refractivity contribution in [2.45, 2.75) is 0 Å². The minimum Gasteiger partial charge on any atom is -0.395 e. The highest BCUT2D eigenvalue weighted by molar-refractivity contribution is 5.55. The van der Waals surface area contributed by atoms with Crippen molar-refractivity contribution in [3.63, 3.8) is 0 Å². The smallest absolute Gasteiger partial charge is 0.150 e. The Hall–Kier alpha value is -1.56. The van der Waals surface area contributed by atoms with E-state index in [9.17, 15) is 8.78 Å². The zero-order chi connectivity index (χ0) is 8.43. The van der Waals surface area contributed by atoms with Crippen molar-refractivity contribution in [1.29, 1.82) is 0 Å². The molecule has 0 aliphatic carbocycles. The number of terminal acetylenes is 1. The summed E-state index contributed by atoms with van der Waals surface area (Å²) in [6.07, 6.45) is 4.93. The van der Waals surface area contributed by atoms with E-state index in [-0.39, 0.29) is 11.3 Å². The lowest BCUT2D eigenvalue weighted by molar-refractivity contribution is 0.586. The molecule has 1 aromatic rings. The first-order chi connectivity index (χ1) is 5.15. The van der Waals surface area contributed by atoms with Crippen LogP contribution in [0.25, 0.3) is 0 Å². The summed E-state index contributed by atoms with van der Waals surface area (Å²) < 4.78 is 25.0. The lowest BCUT2D eigenvalue weighted by Gasteiger charge is -1.98. The van der Waals surface area contributed by atoms with Gasteiger partial charge in [-0.1, -0.05) is 5.92 Å². The summed E-state index contributed by atoms with van der Waals surface area (Å²) in [4.78, 5) is 0. The highest BCUT2D eigenvalue weighted by Crippen LogP contribution is 2.16. The van der Waals surface area contributed by atoms with Crippen molar-refractivity contribution in [3.05, 3.63) is 29.3 Å². The first kappa shape index (κ1) is 7.55. The van der Waals surface area contributed by atoms with Gasteiger partial charge in [-0.15, -0.1) is 6.42 Å². The van der Waals surface area contributed by atoms with E-state index in [1.165, 1.54) is 0 Å². The largest absolute Gasteiger partial charge is 0.395 e. The number of halogens is 2. The molecule has 0 bridgehead atoms. The van der Waals surface area contributed by atoms with Gasteiger partial charge in [-0.25, -0.2) is 8.78 Å². The number of hydrogen-bond acceptors (Lipinski definition) is 1. The number of benzene rings is 1. The molecule has 1 aromatic carbocycles. The lowest BCUT2D eigenvalue weighted by atomic mass is 10.2. The van der Waals surface area contributed by atoms with E-state index < -0.39 is 11.6 Å². The summed E-state index contributed by atoms with van der Waals surface area (Å²) in [5, 5.41) is 0. The second kappa shape index (κ2) is 2.59. The van der Waals surface area contributed by atoms with Crippen LogP contribution in [0.1, 0.15) is 5.56 Å². The fraction of sp³-hybridized carbons (Fsp3) is 0. The van der Waals surface area contributed by atoms with Crippen molar-refractivity contribution in [2.24, 2.45) is 0 Å². The van der Waals surface area contributed by atoms with Crippen LogP contribution in [0.2, 0.25) is 0 Å². The molecule has 0 amide bonds. The third-order valence-corrected chi connectivity index (χ3v) is 1.25. The Labute approximate surface area is 62.8 Å². The SMILES string of the molecule is C#Cc1cc(F)cc(F)c1N. The van der Waals surface area contributed by atoms with Crippen LogP contribution in [0, 0.1) is 24.0 Å². The summed E-state index contributed by atoms with van der Waals surface area (Å²) in [5.74, 6) is 0.533. The molecule has 0 fully saturated rings. The molecule has 1 rings (SSSR count). The maximum Gasteiger partial charge on any atom is 0.150 e. The van der Waals surface area contributed by atoms with Crippen molar-refractivity contribution < 1.29 is 8.78 Å². The van der Waals surface area contributed by atoms with Crippen LogP contribution in [0.3, 0.4) is 0 Å². The minimum atomic E-state index is -0.821. The number of anilines is 1. The highest BCUT2D eigenvalue weighted by atomic mass is 19.1. The second-order valence-electron chi connectivity index (χ2n) is 1.99. The molecule has 0 unspecified atom stereocenters. The van der Waals surface area contributed by atoms with E-state index in [4.69, 9.17) is 12.2 Å². The van der Waals surface area contributed by atoms with Crippen molar-refractivity contribution in [2.75, 3.05) is 5.73 Å². The van der Waals surface area contributed by atoms with Crippen LogP contribution in [0.15, 0.2) is 12.1 Å². The molecule has 0 spiro atoms. The molecule has 0 aliphatic heterocycles. The summed E-state index contributed by atoms with van der Waals surface area (Å²) in [7, 11) is 0. The Bertz CT molecular complexity index is 326. The van der Waals surface area contributed by atoms with Crippen LogP contribution in [-0.2, 0) is 0 Å². The molecule has 0 saturated heterocycles. The van der Waals surface area contributed by atoms with Crippen molar-refractivity contribution in [3.8, 4) is 12.3 Å². The molecule has 0 atom stereocenters. The van der Waals surface area contributed by atoms with Crippen LogP contribution in [-0.4, -0.2) is 0 Å². The molecule has 2 N–H and O–H groups in total. The van der Waals surface area contributed by atoms with Gasteiger partial charge in [0, 0.05) is 6.07 Å². The number of hydrogen-bond donors (Lipinski definition) is 1. The van der Waals surface area contributed by atoms with E-state index in [2.05, 4.69) is 5.92 Å². The molecule has 0 radical (unpaired) electrons. The predicted octanol–water partition coefficient (Wildman–Crippen LogP) is 1.53. The Morgan fingerprint density at radius 2 is 2.00 bits per heavy atom. The van der Waals surface area contributed by atoms with Gasteiger partial charge in [-0.3, -0.25) is 0 Å². The van der Waals surface area contributed by atoms with E-state index in [0.717, 1.165) is 6.07 Å². The third kappa shape index (κ3) is 1.30. The fourth-order valence-corrected chi connectivity index (χ4v) is 0.704. The van der Waals surface area contributed by atoms with Crippen molar-refractivity contribution >= 4 is 5.69 Å². The van der Waals surface area contributed by atoms with Gasteiger partial charge in [0.2, 0.25) is 0 Å². The summed E-state index contributed by atoms with van der Waals surface area (Å²) >= 11 is 0. The average molecular weight is 153 g/mol. The van der Waals surface area contributed by atoms with Gasteiger partial charge in [0.25, 0.3) is 0 Å². The molecular weight excluding hydrogens is 148 g/mol. The molecule has 0 heterocycles. The molecule has 11 heavy (non-hydrogen) atoms. The van der Waals surface area contributed by atoms with E-state index in [1.54, 1.807) is 0 Å². The van der Waals surface area contributed by atoms with Gasteiger partial charge in [0.05, 0.1) is 11.3 Å². The van der Waals surface area contributed by atoms with Crippen molar-refractivity contribution in [1.82, 2.24) is 0 Å². The summed E-state index contributed by atoms with van der Waals surface area (Å²) in [6, 6.07) is 1.70. The fourth-order valence-electron chi connectivity index (χ4n) is 0.704. The molecule has 1 nitrogen and oxygen atoms in total. The van der Waals surface area contributed by atoms with Crippen LogP contribution < -0.4 is 5.73 Å². The van der Waals surface area contributed by atoms with Crippen LogP contribution in [0.5, 0.6) is 0 Å². The standard InChI is InChI=1S/C8H5F2N/c1-2-5-3-6(9)4-7(10)8(5)11/h1,3-4H,11H2. The Morgan fingerprint density at radius 3 is 2.55 bits per heavy atom. The zero-order valence-corrected chi connectivity index (χ0v) is 5.57. The molecule has 0 aromatic heterocycles. The summed E-state index contributed by atoms with van der Waals surface area (Å²) in [6.45, 7) is 0. The maximum absolute atomic E-state index is 12.6. The first-order valence-electron chi connectivity index (χ1n) is 2.86. The normalized spacial score (nSPS) is 9.18. The van der Waals surface area contributed by atoms with Gasteiger partial charge in [0.15, 0.2) is 0 Å². The molecule has 0 aliphatic rings. The Kier molecular flexibility index (Phi) is 1.77. The third-order valence-electron chi connectivity index (χ3n) is 1.25. The average Bonchev–Trinajstić information content (AvgIpc) is 1.96. The predicted molar refractivity (Wildman–Crippen MR) is 38.7 cm³/mol. The lowest BCUT2D eigenvalue weighted by Crippen LogP contribution is -1.95. The Balaban J connectivity index is 3.39. The van der Waals surface area contributed by atoms with Gasteiger partial charge in [-0.05, 0) is 6.07 Å². The van der Waals surface area contributed by atoms with Gasteiger partial charge in [0.1, 0.15) is 11.6 Å². The monoisotopic (exact) mass is 153 g/mol. The van der Waals surface area contributed by atoms with Crippen LogP contribution in [0.4, 0.5) is 14.5 Å². The number of nitrogen functional groups attached to an aromatic ring is 1. The summed E-state index contributed by atoms with van der Waals surface area (Å²) in [5.41, 5.74) is 5.04. The quantitative estimate of drug-likeness (QED) is 0.444. The van der Waals surface area contributed by atoms with E-state index >= 15 is 0 Å². The van der Waals surface area contributed by atoms with E-state index in [1.807, 2.05) is 0 Å². The first-order valence-corrected chi connectivity index (χ1v) is 2.86. The molecule has 56 valence electrons. The zero-order valence-electron chi connectivity index (χ0n) is 5.57. The van der Waals surface area contributed by atoms with Gasteiger partial charge < -0.3 is 5.73 Å². The van der Waals surface area contributed by atoms with Gasteiger partial charge in [-0.2, -0.15) is 0 Å². The highest BCUT2D eigenvalue weighted by Gasteiger charge is 2.04. The number of rotatable bonds is 0. The van der Waals surface area contributed by atoms with Crippen LogP contribution >= 0.6 is 0 Å². The molecular formula is C8H5F2N. The number of nitrogens with two attached hydrogens (primary N) is 1. The van der Waals surface area contributed by atoms with E-state index in [0.29, 0.717) is 6.07 Å². The maximum atomic E-state index is 12.6. The van der Waals surface area contributed by atoms with Gasteiger partial charge >= 0.3 is 0 Å². The molecule has 3 heteroatoms. The Morgan fingerprint density at radius 1 is 1.36 bits per heavy atom.